The van der Waals surface area contributed by atoms with Gasteiger partial charge >= 0.3 is 0 Å². The molecule has 0 aromatic heterocycles. The zero-order valence-electron chi connectivity index (χ0n) is 15.9. The van der Waals surface area contributed by atoms with E-state index in [4.69, 9.17) is 23.7 Å². The number of hydrazone groups is 1. The summed E-state index contributed by atoms with van der Waals surface area (Å²) in [6.07, 6.45) is 1.44. The molecule has 0 heterocycles. The summed E-state index contributed by atoms with van der Waals surface area (Å²) in [6, 6.07) is 8.21. The minimum atomic E-state index is -0.404. The van der Waals surface area contributed by atoms with Gasteiger partial charge in [-0.25, -0.2) is 5.43 Å². The molecule has 8 heteroatoms. The van der Waals surface area contributed by atoms with Crippen LogP contribution in [0.1, 0.15) is 15.9 Å². The Morgan fingerprint density at radius 3 is 1.93 bits per heavy atom. The molecule has 1 N–H and O–H groups in total. The largest absolute Gasteiger partial charge is 0.496 e. The van der Waals surface area contributed by atoms with Crippen molar-refractivity contribution in [2.75, 3.05) is 35.5 Å². The van der Waals surface area contributed by atoms with Crippen LogP contribution in [0.25, 0.3) is 0 Å². The molecule has 0 saturated heterocycles. The first-order chi connectivity index (χ1) is 13.1. The molecule has 27 heavy (non-hydrogen) atoms. The van der Waals surface area contributed by atoms with E-state index >= 15 is 0 Å². The topological polar surface area (TPSA) is 87.6 Å². The lowest BCUT2D eigenvalue weighted by molar-refractivity contribution is 0.0954. The zero-order chi connectivity index (χ0) is 19.8. The second kappa shape index (κ2) is 9.33. The predicted molar refractivity (Wildman–Crippen MR) is 101 cm³/mol. The van der Waals surface area contributed by atoms with Crippen LogP contribution >= 0.6 is 0 Å². The summed E-state index contributed by atoms with van der Waals surface area (Å²) in [6.45, 7) is 0. The molecule has 2 rings (SSSR count). The van der Waals surface area contributed by atoms with Crippen molar-refractivity contribution in [2.45, 2.75) is 0 Å². The zero-order valence-corrected chi connectivity index (χ0v) is 15.9. The van der Waals surface area contributed by atoms with E-state index in [0.29, 0.717) is 39.9 Å². The second-order valence-corrected chi connectivity index (χ2v) is 5.21. The number of hydrogen-bond donors (Lipinski definition) is 1. The van der Waals surface area contributed by atoms with Gasteiger partial charge in [0, 0.05) is 17.7 Å². The average molecular weight is 374 g/mol. The van der Waals surface area contributed by atoms with Gasteiger partial charge in [-0.05, 0) is 18.2 Å². The van der Waals surface area contributed by atoms with Crippen molar-refractivity contribution in [3.63, 3.8) is 0 Å². The van der Waals surface area contributed by atoms with Crippen LogP contribution in [-0.4, -0.2) is 47.7 Å². The smallest absolute Gasteiger partial charge is 0.271 e. The fourth-order valence-electron chi connectivity index (χ4n) is 2.36. The summed E-state index contributed by atoms with van der Waals surface area (Å²) < 4.78 is 26.2. The van der Waals surface area contributed by atoms with E-state index in [0.717, 1.165) is 0 Å². The van der Waals surface area contributed by atoms with Crippen molar-refractivity contribution >= 4 is 12.1 Å². The lowest BCUT2D eigenvalue weighted by Crippen LogP contribution is -2.17. The Kier molecular flexibility index (Phi) is 6.87. The standard InChI is InChI=1S/C19H22N2O6/c1-23-13-9-16(25-3)14(17(10-13)26-4)11-20-21-19(22)12-6-7-15(24-2)18(8-12)27-5/h6-11H,1-5H3,(H,21,22)/b20-11+. The maximum absolute atomic E-state index is 12.3. The normalized spacial score (nSPS) is 10.4. The molecule has 0 unspecified atom stereocenters. The monoisotopic (exact) mass is 374 g/mol. The molecule has 0 aliphatic rings. The van der Waals surface area contributed by atoms with Crippen molar-refractivity contribution < 1.29 is 28.5 Å². The number of nitrogens with zero attached hydrogens (tertiary/aromatic N) is 1. The van der Waals surface area contributed by atoms with Crippen molar-refractivity contribution in [1.29, 1.82) is 0 Å². The van der Waals surface area contributed by atoms with Gasteiger partial charge in [-0.2, -0.15) is 5.10 Å². The summed E-state index contributed by atoms with van der Waals surface area (Å²) in [5, 5.41) is 3.99. The number of ether oxygens (including phenoxy) is 5. The van der Waals surface area contributed by atoms with E-state index in [1.807, 2.05) is 0 Å². The molecule has 0 bridgehead atoms. The van der Waals surface area contributed by atoms with Crippen molar-refractivity contribution in [1.82, 2.24) is 5.43 Å². The first-order valence-corrected chi connectivity index (χ1v) is 7.93. The quantitative estimate of drug-likeness (QED) is 0.564. The molecular formula is C19H22N2O6. The molecule has 0 saturated carbocycles. The fraction of sp³-hybridized carbons (Fsp3) is 0.263. The fourth-order valence-corrected chi connectivity index (χ4v) is 2.36. The molecule has 8 nitrogen and oxygen atoms in total. The van der Waals surface area contributed by atoms with Crippen LogP contribution in [0.15, 0.2) is 35.4 Å². The number of carbonyl (C=O) groups is 1. The lowest BCUT2D eigenvalue weighted by Gasteiger charge is -2.12. The Balaban J connectivity index is 2.21. The van der Waals surface area contributed by atoms with Crippen LogP contribution in [0.5, 0.6) is 28.7 Å². The molecule has 0 aliphatic carbocycles. The molecule has 0 spiro atoms. The Morgan fingerprint density at radius 2 is 1.41 bits per heavy atom. The van der Waals surface area contributed by atoms with Crippen LogP contribution in [0.2, 0.25) is 0 Å². The third-order valence-corrected chi connectivity index (χ3v) is 3.76. The number of benzene rings is 2. The summed E-state index contributed by atoms with van der Waals surface area (Å²) in [7, 11) is 7.62. The van der Waals surface area contributed by atoms with E-state index in [9.17, 15) is 4.79 Å². The number of hydrogen-bond acceptors (Lipinski definition) is 7. The van der Waals surface area contributed by atoms with Gasteiger partial charge in [0.05, 0.1) is 47.3 Å². The van der Waals surface area contributed by atoms with Crippen LogP contribution < -0.4 is 29.1 Å². The highest BCUT2D eigenvalue weighted by molar-refractivity contribution is 5.96. The maximum Gasteiger partial charge on any atom is 0.271 e. The Morgan fingerprint density at radius 1 is 0.815 bits per heavy atom. The molecule has 0 fully saturated rings. The predicted octanol–water partition coefficient (Wildman–Crippen LogP) is 2.49. The van der Waals surface area contributed by atoms with Gasteiger partial charge < -0.3 is 23.7 Å². The van der Waals surface area contributed by atoms with Crippen LogP contribution in [0, 0.1) is 0 Å². The summed E-state index contributed by atoms with van der Waals surface area (Å²) >= 11 is 0. The molecule has 2 aromatic carbocycles. The van der Waals surface area contributed by atoms with Crippen molar-refractivity contribution in [2.24, 2.45) is 5.10 Å². The molecule has 0 aliphatic heterocycles. The number of carbonyl (C=O) groups excluding carboxylic acids is 1. The molecule has 144 valence electrons. The van der Waals surface area contributed by atoms with Gasteiger partial charge in [-0.15, -0.1) is 0 Å². The Hall–Kier alpha value is -3.42. The average Bonchev–Trinajstić information content (AvgIpc) is 2.72. The van der Waals surface area contributed by atoms with Crippen molar-refractivity contribution in [3.05, 3.63) is 41.5 Å². The molecule has 2 aromatic rings. The van der Waals surface area contributed by atoms with Crippen LogP contribution in [0.4, 0.5) is 0 Å². The number of rotatable bonds is 8. The number of amides is 1. The summed E-state index contributed by atoms with van der Waals surface area (Å²) in [5.41, 5.74) is 3.40. The Bertz CT molecular complexity index is 810. The third-order valence-electron chi connectivity index (χ3n) is 3.76. The molecule has 1 amide bonds. The second-order valence-electron chi connectivity index (χ2n) is 5.21. The minimum absolute atomic E-state index is 0.374. The minimum Gasteiger partial charge on any atom is -0.496 e. The Labute approximate surface area is 157 Å². The summed E-state index contributed by atoms with van der Waals surface area (Å²) in [4.78, 5) is 12.3. The van der Waals surface area contributed by atoms with E-state index < -0.39 is 5.91 Å². The van der Waals surface area contributed by atoms with Gasteiger partial charge in [0.15, 0.2) is 11.5 Å². The lowest BCUT2D eigenvalue weighted by atomic mass is 10.2. The highest BCUT2D eigenvalue weighted by Crippen LogP contribution is 2.32. The van der Waals surface area contributed by atoms with E-state index in [-0.39, 0.29) is 0 Å². The third kappa shape index (κ3) is 4.60. The molecular weight excluding hydrogens is 352 g/mol. The SMILES string of the molecule is COc1cc(OC)c(/C=N/NC(=O)c2ccc(OC)c(OC)c2)c(OC)c1. The molecule has 0 atom stereocenters. The van der Waals surface area contributed by atoms with Gasteiger partial charge in [-0.3, -0.25) is 4.79 Å². The van der Waals surface area contributed by atoms with Gasteiger partial charge in [0.1, 0.15) is 17.2 Å². The van der Waals surface area contributed by atoms with E-state index in [1.54, 1.807) is 37.4 Å². The first-order valence-electron chi connectivity index (χ1n) is 7.93. The van der Waals surface area contributed by atoms with E-state index in [2.05, 4.69) is 10.5 Å². The van der Waals surface area contributed by atoms with Crippen LogP contribution in [0.3, 0.4) is 0 Å². The maximum atomic E-state index is 12.3. The highest BCUT2D eigenvalue weighted by Gasteiger charge is 2.13. The van der Waals surface area contributed by atoms with E-state index in [1.165, 1.54) is 34.7 Å². The molecule has 0 radical (unpaired) electrons. The van der Waals surface area contributed by atoms with Crippen LogP contribution in [-0.2, 0) is 0 Å². The summed E-state index contributed by atoms with van der Waals surface area (Å²) in [5.74, 6) is 2.15. The van der Waals surface area contributed by atoms with Crippen molar-refractivity contribution in [3.8, 4) is 28.7 Å². The van der Waals surface area contributed by atoms with Gasteiger partial charge in [0.2, 0.25) is 0 Å². The highest BCUT2D eigenvalue weighted by atomic mass is 16.5. The first kappa shape index (κ1) is 19.9. The number of methoxy groups -OCH3 is 5. The number of nitrogens with one attached hydrogen (secondary N) is 1. The van der Waals surface area contributed by atoms with Gasteiger partial charge in [0.25, 0.3) is 5.91 Å². The van der Waals surface area contributed by atoms with Gasteiger partial charge in [-0.1, -0.05) is 0 Å².